The van der Waals surface area contributed by atoms with Gasteiger partial charge < -0.3 is 10.0 Å². The van der Waals surface area contributed by atoms with Gasteiger partial charge in [-0.15, -0.1) is 0 Å². The van der Waals surface area contributed by atoms with Gasteiger partial charge in [-0.25, -0.2) is 0 Å². The number of anilines is 1. The molecule has 0 spiro atoms. The Hall–Kier alpha value is -2.47. The third-order valence-corrected chi connectivity index (χ3v) is 6.41. The van der Waals surface area contributed by atoms with E-state index in [1.54, 1.807) is 36.4 Å². The first-order valence-electron chi connectivity index (χ1n) is 9.88. The second kappa shape index (κ2) is 8.23. The fourth-order valence-corrected chi connectivity index (χ4v) is 4.61. The molecule has 1 aliphatic heterocycles. The molecule has 3 aromatic carbocycles. The minimum Gasteiger partial charge on any atom is -0.375 e. The largest absolute Gasteiger partial charge is 0.375 e. The van der Waals surface area contributed by atoms with Crippen molar-refractivity contribution in [3.8, 4) is 0 Å². The number of halogens is 2. The average molecular weight is 499 g/mol. The van der Waals surface area contributed by atoms with Crippen LogP contribution in [-0.4, -0.2) is 16.8 Å². The van der Waals surface area contributed by atoms with Gasteiger partial charge >= 0.3 is 0 Å². The van der Waals surface area contributed by atoms with Crippen molar-refractivity contribution in [2.75, 3.05) is 4.90 Å². The molecule has 0 bridgehead atoms. The van der Waals surface area contributed by atoms with Crippen LogP contribution in [-0.2, 0) is 16.9 Å². The second-order valence-corrected chi connectivity index (χ2v) is 9.31. The summed E-state index contributed by atoms with van der Waals surface area (Å²) < 4.78 is 0.753. The summed E-state index contributed by atoms with van der Waals surface area (Å²) in [5, 5.41) is 11.9. The quantitative estimate of drug-likeness (QED) is 0.457. The summed E-state index contributed by atoms with van der Waals surface area (Å²) in [6, 6.07) is 17.9. The number of carbonyl (C=O) groups is 2. The highest BCUT2D eigenvalue weighted by Crippen LogP contribution is 2.45. The maximum atomic E-state index is 13.5. The molecule has 1 heterocycles. The van der Waals surface area contributed by atoms with E-state index in [1.165, 1.54) is 4.90 Å². The molecule has 0 saturated heterocycles. The minimum absolute atomic E-state index is 0.299. The predicted molar refractivity (Wildman–Crippen MR) is 126 cm³/mol. The van der Waals surface area contributed by atoms with Crippen LogP contribution in [0.5, 0.6) is 0 Å². The monoisotopic (exact) mass is 497 g/mol. The molecular weight excluding hydrogens is 478 g/mol. The van der Waals surface area contributed by atoms with E-state index >= 15 is 0 Å². The Morgan fingerprint density at radius 2 is 1.87 bits per heavy atom. The fourth-order valence-electron chi connectivity index (χ4n) is 4.04. The Bertz CT molecular complexity index is 1210. The molecule has 1 amide bonds. The van der Waals surface area contributed by atoms with Crippen molar-refractivity contribution in [2.24, 2.45) is 0 Å². The van der Waals surface area contributed by atoms with Crippen LogP contribution in [0.15, 0.2) is 65.1 Å². The summed E-state index contributed by atoms with van der Waals surface area (Å²) in [6.07, 6.45) is -0.362. The van der Waals surface area contributed by atoms with Gasteiger partial charge in [-0.1, -0.05) is 63.4 Å². The van der Waals surface area contributed by atoms with Crippen LogP contribution in [0, 0.1) is 13.8 Å². The van der Waals surface area contributed by atoms with Gasteiger partial charge in [-0.3, -0.25) is 9.59 Å². The van der Waals surface area contributed by atoms with Crippen molar-refractivity contribution in [1.29, 1.82) is 0 Å². The summed E-state index contributed by atoms with van der Waals surface area (Å²) in [6.45, 7) is 4.31. The number of ketones is 1. The molecule has 1 N–H and O–H groups in total. The molecule has 0 saturated carbocycles. The lowest BCUT2D eigenvalue weighted by molar-refractivity contribution is -0.136. The molecule has 4 rings (SSSR count). The Morgan fingerprint density at radius 1 is 1.10 bits per heavy atom. The lowest BCUT2D eigenvalue weighted by Gasteiger charge is -2.23. The first-order valence-corrected chi connectivity index (χ1v) is 11.1. The number of aliphatic hydroxyl groups is 1. The first kappa shape index (κ1) is 21.8. The average Bonchev–Trinajstić information content (AvgIpc) is 2.91. The van der Waals surface area contributed by atoms with Crippen molar-refractivity contribution < 1.29 is 14.7 Å². The number of nitrogens with zero attached hydrogens (tertiary/aromatic N) is 1. The van der Waals surface area contributed by atoms with Gasteiger partial charge in [0.1, 0.15) is 0 Å². The van der Waals surface area contributed by atoms with Gasteiger partial charge in [0.25, 0.3) is 5.91 Å². The molecule has 0 fully saturated rings. The molecule has 0 aliphatic carbocycles. The lowest BCUT2D eigenvalue weighted by Crippen LogP contribution is -2.41. The second-order valence-electron chi connectivity index (χ2n) is 7.95. The van der Waals surface area contributed by atoms with E-state index in [-0.39, 0.29) is 12.2 Å². The van der Waals surface area contributed by atoms with Crippen molar-refractivity contribution in [2.45, 2.75) is 32.4 Å². The van der Waals surface area contributed by atoms with E-state index in [1.807, 2.05) is 32.0 Å². The first-order chi connectivity index (χ1) is 14.7. The zero-order chi connectivity index (χ0) is 22.3. The molecule has 6 heteroatoms. The maximum absolute atomic E-state index is 13.5. The molecule has 0 radical (unpaired) electrons. The molecule has 3 aromatic rings. The van der Waals surface area contributed by atoms with Gasteiger partial charge in [0, 0.05) is 20.6 Å². The topological polar surface area (TPSA) is 57.6 Å². The Morgan fingerprint density at radius 3 is 2.58 bits per heavy atom. The Balaban J connectivity index is 1.73. The van der Waals surface area contributed by atoms with Crippen molar-refractivity contribution in [3.05, 3.63) is 98.0 Å². The molecule has 31 heavy (non-hydrogen) atoms. The van der Waals surface area contributed by atoms with E-state index in [0.29, 0.717) is 28.4 Å². The Kier molecular flexibility index (Phi) is 5.77. The van der Waals surface area contributed by atoms with Gasteiger partial charge in [0.05, 0.1) is 18.7 Å². The number of Topliss-reactive ketones (excluding diaryl/α,β-unsaturated/α-hetero) is 1. The van der Waals surface area contributed by atoms with Crippen molar-refractivity contribution in [1.82, 2.24) is 0 Å². The number of amides is 1. The van der Waals surface area contributed by atoms with Gasteiger partial charge in [0.2, 0.25) is 0 Å². The molecule has 1 atom stereocenters. The molecule has 1 unspecified atom stereocenters. The van der Waals surface area contributed by atoms with Gasteiger partial charge in [-0.2, -0.15) is 0 Å². The molecule has 0 aromatic heterocycles. The van der Waals surface area contributed by atoms with Gasteiger partial charge in [0.15, 0.2) is 11.4 Å². The van der Waals surface area contributed by atoms with Crippen LogP contribution >= 0.6 is 27.5 Å². The number of hydrogen-bond acceptors (Lipinski definition) is 3. The van der Waals surface area contributed by atoms with E-state index in [4.69, 9.17) is 11.6 Å². The van der Waals surface area contributed by atoms with E-state index in [0.717, 1.165) is 21.2 Å². The maximum Gasteiger partial charge on any atom is 0.264 e. The summed E-state index contributed by atoms with van der Waals surface area (Å²) in [5.41, 5.74) is 2.55. The summed E-state index contributed by atoms with van der Waals surface area (Å²) in [5.74, 6) is -0.843. The van der Waals surface area contributed by atoms with Crippen LogP contribution in [0.4, 0.5) is 5.69 Å². The van der Waals surface area contributed by atoms with E-state index in [9.17, 15) is 14.7 Å². The SMILES string of the molecule is Cc1ccc(CN2C(=O)C(O)(CC(=O)c3cccc(Br)c3)c3cc(Cl)ccc32)c(C)c1. The van der Waals surface area contributed by atoms with Gasteiger partial charge in [-0.05, 0) is 55.3 Å². The predicted octanol–water partition coefficient (Wildman–Crippen LogP) is 5.73. The van der Waals surface area contributed by atoms with Crippen molar-refractivity contribution >= 4 is 44.9 Å². The number of benzene rings is 3. The van der Waals surface area contributed by atoms with Crippen LogP contribution in [0.2, 0.25) is 5.02 Å². The molecule has 158 valence electrons. The van der Waals surface area contributed by atoms with E-state index in [2.05, 4.69) is 22.0 Å². The lowest BCUT2D eigenvalue weighted by atomic mass is 9.88. The van der Waals surface area contributed by atoms with Crippen LogP contribution < -0.4 is 4.90 Å². The molecule has 1 aliphatic rings. The summed E-state index contributed by atoms with van der Waals surface area (Å²) in [7, 11) is 0. The normalized spacial score (nSPS) is 17.7. The molecular formula is C25H21BrClNO3. The smallest absolute Gasteiger partial charge is 0.264 e. The number of aryl methyl sites for hydroxylation is 2. The summed E-state index contributed by atoms with van der Waals surface area (Å²) in [4.78, 5) is 28.0. The zero-order valence-electron chi connectivity index (χ0n) is 17.2. The Labute approximate surface area is 194 Å². The number of hydrogen-bond donors (Lipinski definition) is 1. The third kappa shape index (κ3) is 4.05. The summed E-state index contributed by atoms with van der Waals surface area (Å²) >= 11 is 9.55. The standard InChI is InChI=1S/C25H21BrClNO3/c1-15-6-7-18(16(2)10-15)14-28-22-9-8-20(27)12-21(22)25(31,24(28)30)13-23(29)17-4-3-5-19(26)11-17/h3-12,31H,13-14H2,1-2H3. The fraction of sp³-hybridized carbons (Fsp3) is 0.200. The minimum atomic E-state index is -1.97. The van der Waals surface area contributed by atoms with Crippen LogP contribution in [0.3, 0.4) is 0 Å². The number of fused-ring (bicyclic) bond motifs is 1. The van der Waals surface area contributed by atoms with E-state index < -0.39 is 11.5 Å². The van der Waals surface area contributed by atoms with Crippen molar-refractivity contribution in [3.63, 3.8) is 0 Å². The van der Waals surface area contributed by atoms with Crippen LogP contribution in [0.1, 0.15) is 39.0 Å². The molecule has 4 nitrogen and oxygen atoms in total. The highest BCUT2D eigenvalue weighted by Gasteiger charge is 2.51. The number of carbonyl (C=O) groups excluding carboxylic acids is 2. The highest BCUT2D eigenvalue weighted by atomic mass is 79.9. The highest BCUT2D eigenvalue weighted by molar-refractivity contribution is 9.10. The number of rotatable bonds is 5. The third-order valence-electron chi connectivity index (χ3n) is 5.68. The van der Waals surface area contributed by atoms with Crippen LogP contribution in [0.25, 0.3) is 0 Å². The zero-order valence-corrected chi connectivity index (χ0v) is 19.5.